The van der Waals surface area contributed by atoms with Crippen molar-refractivity contribution in [2.75, 3.05) is 0 Å². The molecule has 16 heavy (non-hydrogen) atoms. The van der Waals surface area contributed by atoms with Crippen molar-refractivity contribution in [3.05, 3.63) is 21.0 Å². The number of ether oxygens (including phenoxy) is 2. The second-order valence-electron chi connectivity index (χ2n) is 4.26. The Balaban J connectivity index is 2.30. The van der Waals surface area contributed by atoms with Gasteiger partial charge in [-0.15, -0.1) is 0 Å². The third kappa shape index (κ3) is 1.97. The molecule has 1 aliphatic heterocycles. The van der Waals surface area contributed by atoms with Gasteiger partial charge in [-0.2, -0.15) is 0 Å². The molecule has 0 radical (unpaired) electrons. The average Bonchev–Trinajstić information content (AvgIpc) is 2.51. The molecule has 0 aromatic heterocycles. The van der Waals surface area contributed by atoms with Gasteiger partial charge in [0.15, 0.2) is 5.79 Å². The SMILES string of the molecule is CC1(C)OC2C(Br)=CC(N=[N+]=[N-])C(O)C2O1. The Morgan fingerprint density at radius 3 is 2.88 bits per heavy atom. The molecule has 0 amide bonds. The second-order valence-corrected chi connectivity index (χ2v) is 5.17. The van der Waals surface area contributed by atoms with Crippen LogP contribution < -0.4 is 0 Å². The zero-order chi connectivity index (χ0) is 11.9. The summed E-state index contributed by atoms with van der Waals surface area (Å²) in [5, 5.41) is 13.5. The highest BCUT2D eigenvalue weighted by Gasteiger charge is 2.50. The molecule has 2 aliphatic rings. The van der Waals surface area contributed by atoms with E-state index in [1.807, 2.05) is 0 Å². The summed E-state index contributed by atoms with van der Waals surface area (Å²) in [6.45, 7) is 3.56. The summed E-state index contributed by atoms with van der Waals surface area (Å²) >= 11 is 3.35. The van der Waals surface area contributed by atoms with Gasteiger partial charge in [-0.25, -0.2) is 0 Å². The Labute approximate surface area is 101 Å². The van der Waals surface area contributed by atoms with Gasteiger partial charge in [-0.05, 0) is 19.4 Å². The molecule has 0 bridgehead atoms. The van der Waals surface area contributed by atoms with Crippen LogP contribution in [0, 0.1) is 0 Å². The zero-order valence-electron chi connectivity index (χ0n) is 8.87. The first-order valence-electron chi connectivity index (χ1n) is 4.90. The van der Waals surface area contributed by atoms with Gasteiger partial charge in [0.05, 0.1) is 12.1 Å². The first-order valence-corrected chi connectivity index (χ1v) is 5.69. The lowest BCUT2D eigenvalue weighted by Gasteiger charge is -2.29. The molecule has 1 aliphatic carbocycles. The van der Waals surface area contributed by atoms with E-state index in [1.165, 1.54) is 0 Å². The summed E-state index contributed by atoms with van der Waals surface area (Å²) in [6, 6.07) is -0.627. The molecule has 4 atom stereocenters. The van der Waals surface area contributed by atoms with Crippen LogP contribution >= 0.6 is 15.9 Å². The molecule has 7 heteroatoms. The number of hydrogen-bond acceptors (Lipinski definition) is 4. The first-order chi connectivity index (χ1) is 7.44. The molecule has 4 unspecified atom stereocenters. The van der Waals surface area contributed by atoms with Crippen molar-refractivity contribution in [2.24, 2.45) is 5.11 Å². The third-order valence-corrected chi connectivity index (χ3v) is 3.32. The summed E-state index contributed by atoms with van der Waals surface area (Å²) in [4.78, 5) is 2.70. The fraction of sp³-hybridized carbons (Fsp3) is 0.778. The first kappa shape index (κ1) is 11.9. The number of aliphatic hydroxyl groups is 1. The van der Waals surface area contributed by atoms with E-state index in [1.54, 1.807) is 19.9 Å². The number of hydrogen-bond donors (Lipinski definition) is 1. The zero-order valence-corrected chi connectivity index (χ0v) is 10.5. The topological polar surface area (TPSA) is 87.5 Å². The highest BCUT2D eigenvalue weighted by Crippen LogP contribution is 2.40. The van der Waals surface area contributed by atoms with Crippen LogP contribution in [0.15, 0.2) is 15.7 Å². The summed E-state index contributed by atoms with van der Waals surface area (Å²) in [6.07, 6.45) is -0.0833. The summed E-state index contributed by atoms with van der Waals surface area (Å²) in [5.74, 6) is -0.742. The lowest BCUT2D eigenvalue weighted by Crippen LogP contribution is -2.45. The average molecular weight is 290 g/mol. The van der Waals surface area contributed by atoms with Gasteiger partial charge >= 0.3 is 0 Å². The van der Waals surface area contributed by atoms with Crippen molar-refractivity contribution < 1.29 is 14.6 Å². The van der Waals surface area contributed by atoms with E-state index >= 15 is 0 Å². The number of rotatable bonds is 1. The lowest BCUT2D eigenvalue weighted by molar-refractivity contribution is -0.153. The van der Waals surface area contributed by atoms with Crippen molar-refractivity contribution in [2.45, 2.75) is 44.0 Å². The number of azide groups is 1. The van der Waals surface area contributed by atoms with E-state index in [0.29, 0.717) is 0 Å². The van der Waals surface area contributed by atoms with Crippen LogP contribution in [-0.2, 0) is 9.47 Å². The van der Waals surface area contributed by atoms with Gasteiger partial charge in [0.1, 0.15) is 12.2 Å². The smallest absolute Gasteiger partial charge is 0.164 e. The highest BCUT2D eigenvalue weighted by atomic mass is 79.9. The summed E-state index contributed by atoms with van der Waals surface area (Å²) in [5.41, 5.74) is 8.40. The molecule has 6 nitrogen and oxygen atoms in total. The lowest BCUT2D eigenvalue weighted by atomic mass is 9.95. The van der Waals surface area contributed by atoms with Crippen LogP contribution in [-0.4, -0.2) is 35.2 Å². The van der Waals surface area contributed by atoms with Crippen molar-refractivity contribution >= 4 is 15.9 Å². The molecule has 0 aromatic carbocycles. The summed E-state index contributed by atoms with van der Waals surface area (Å²) < 4.78 is 12.0. The van der Waals surface area contributed by atoms with Crippen LogP contribution in [0.25, 0.3) is 10.4 Å². The molecule has 0 aromatic rings. The molecule has 0 spiro atoms. The maximum atomic E-state index is 9.98. The van der Waals surface area contributed by atoms with Gasteiger partial charge in [-0.3, -0.25) is 0 Å². The standard InChI is InChI=1S/C9H12BrN3O3/c1-9(2)15-7-4(10)3-5(12-13-11)6(14)8(7)16-9/h3,5-8,14H,1-2H3. The summed E-state index contributed by atoms with van der Waals surface area (Å²) in [7, 11) is 0. The van der Waals surface area contributed by atoms with Gasteiger partial charge in [-0.1, -0.05) is 27.1 Å². The van der Waals surface area contributed by atoms with Crippen LogP contribution in [0.1, 0.15) is 13.8 Å². The van der Waals surface area contributed by atoms with Crippen LogP contribution in [0.5, 0.6) is 0 Å². The van der Waals surface area contributed by atoms with Crippen LogP contribution in [0.4, 0.5) is 0 Å². The van der Waals surface area contributed by atoms with Gasteiger partial charge in [0.2, 0.25) is 0 Å². The van der Waals surface area contributed by atoms with E-state index in [9.17, 15) is 5.11 Å². The van der Waals surface area contributed by atoms with Gasteiger partial charge < -0.3 is 14.6 Å². The third-order valence-electron chi connectivity index (χ3n) is 2.60. The molecule has 1 N–H and O–H groups in total. The molecule has 2 rings (SSSR count). The molecule has 1 saturated heterocycles. The van der Waals surface area contributed by atoms with Crippen molar-refractivity contribution in [3.8, 4) is 0 Å². The number of aliphatic hydroxyl groups excluding tert-OH is 1. The van der Waals surface area contributed by atoms with Crippen molar-refractivity contribution in [3.63, 3.8) is 0 Å². The Bertz CT molecular complexity index is 378. The molecule has 1 fully saturated rings. The largest absolute Gasteiger partial charge is 0.390 e. The minimum Gasteiger partial charge on any atom is -0.390 e. The monoisotopic (exact) mass is 289 g/mol. The molecule has 88 valence electrons. The predicted molar refractivity (Wildman–Crippen MR) is 59.8 cm³/mol. The van der Waals surface area contributed by atoms with E-state index in [-0.39, 0.29) is 6.10 Å². The molecular weight excluding hydrogens is 278 g/mol. The number of fused-ring (bicyclic) bond motifs is 1. The molecule has 0 saturated carbocycles. The van der Waals surface area contributed by atoms with Crippen LogP contribution in [0.2, 0.25) is 0 Å². The quantitative estimate of drug-likeness (QED) is 0.454. The maximum absolute atomic E-state index is 9.98. The Hall–Kier alpha value is -0.590. The van der Waals surface area contributed by atoms with E-state index in [2.05, 4.69) is 26.0 Å². The van der Waals surface area contributed by atoms with Crippen molar-refractivity contribution in [1.29, 1.82) is 0 Å². The molecular formula is C9H12BrN3O3. The number of halogens is 1. The minimum absolute atomic E-state index is 0.338. The Morgan fingerprint density at radius 1 is 1.56 bits per heavy atom. The second kappa shape index (κ2) is 4.01. The number of nitrogens with zero attached hydrogens (tertiary/aromatic N) is 3. The normalized spacial score (nSPS) is 40.9. The van der Waals surface area contributed by atoms with Gasteiger partial charge in [0, 0.05) is 9.39 Å². The highest BCUT2D eigenvalue weighted by molar-refractivity contribution is 9.11. The Kier molecular flexibility index (Phi) is 2.98. The molecule has 1 heterocycles. The van der Waals surface area contributed by atoms with E-state index in [0.717, 1.165) is 4.48 Å². The van der Waals surface area contributed by atoms with E-state index < -0.39 is 24.0 Å². The van der Waals surface area contributed by atoms with Gasteiger partial charge in [0.25, 0.3) is 0 Å². The fourth-order valence-electron chi connectivity index (χ4n) is 1.96. The maximum Gasteiger partial charge on any atom is 0.164 e. The fourth-order valence-corrected chi connectivity index (χ4v) is 2.59. The van der Waals surface area contributed by atoms with Crippen LogP contribution in [0.3, 0.4) is 0 Å². The Morgan fingerprint density at radius 2 is 2.25 bits per heavy atom. The minimum atomic E-state index is -0.885. The predicted octanol–water partition coefficient (Wildman–Crippen LogP) is 1.84. The van der Waals surface area contributed by atoms with E-state index in [4.69, 9.17) is 15.0 Å². The van der Waals surface area contributed by atoms with Crippen molar-refractivity contribution in [1.82, 2.24) is 0 Å².